The second-order valence-electron chi connectivity index (χ2n) is 9.43. The van der Waals surface area contributed by atoms with E-state index in [1.54, 1.807) is 0 Å². The standard InChI is InChI=1S/C16H13.C15H13N.C2H6Si.2ClH.Zr/c1-12-10-14-8-5-9-15(16(14)11-12)13-6-3-2-4-7-13;1-11-8-13-10-12(2)16(15(13)9-11)14-6-4-3-5-7-14;1-3-2;;;/h2-11H,1H3;3-7,9-10H,1-2H3;1-2H3;2*1H;/q-1;;;;;+2/p-2. The van der Waals surface area contributed by atoms with E-state index < -0.39 is 18.9 Å². The smallest absolute Gasteiger partial charge is 0.0307 e. The number of para-hydroxylation sites is 1. The average molecular weight is 633 g/mol. The summed E-state index contributed by atoms with van der Waals surface area (Å²) >= 11 is -2.40. The summed E-state index contributed by atoms with van der Waals surface area (Å²) in [4.78, 5) is 0. The summed E-state index contributed by atoms with van der Waals surface area (Å²) in [5.74, 6) is 0. The number of fused-ring (bicyclic) bond motifs is 2. The van der Waals surface area contributed by atoms with Gasteiger partial charge >= 0.3 is 128 Å². The molecular formula is C33H32Cl2NSiZr-. The van der Waals surface area contributed by atoms with Gasteiger partial charge in [-0.05, 0) is 5.56 Å². The molecule has 0 unspecified atom stereocenters. The van der Waals surface area contributed by atoms with Gasteiger partial charge in [-0.2, -0.15) is 6.07 Å². The molecule has 0 saturated carbocycles. The molecule has 0 fully saturated rings. The maximum atomic E-state index is 6.29. The zero-order valence-electron chi connectivity index (χ0n) is 22.5. The average Bonchev–Trinajstić information content (AvgIpc) is 3.54. The van der Waals surface area contributed by atoms with Gasteiger partial charge in [-0.3, -0.25) is 0 Å². The molecular weight excluding hydrogens is 601 g/mol. The maximum Gasteiger partial charge on any atom is 0.0307 e. The Kier molecular flexibility index (Phi) is 10.1. The molecule has 0 aliphatic heterocycles. The van der Waals surface area contributed by atoms with Crippen LogP contribution in [-0.2, 0) is 18.9 Å². The molecule has 0 bridgehead atoms. The van der Waals surface area contributed by atoms with E-state index in [1.807, 2.05) is 6.07 Å². The van der Waals surface area contributed by atoms with E-state index in [-0.39, 0.29) is 0 Å². The van der Waals surface area contributed by atoms with Gasteiger partial charge in [0.1, 0.15) is 0 Å². The summed E-state index contributed by atoms with van der Waals surface area (Å²) in [6.45, 7) is 10.7. The van der Waals surface area contributed by atoms with Crippen LogP contribution in [0.1, 0.15) is 29.4 Å². The van der Waals surface area contributed by atoms with Crippen LogP contribution in [-0.4, -0.2) is 17.3 Å². The third-order valence-corrected chi connectivity index (χ3v) is 11.2. The van der Waals surface area contributed by atoms with Gasteiger partial charge in [-0.1, -0.05) is 62.0 Å². The Hall–Kier alpha value is -2.16. The number of hydrogen-bond acceptors (Lipinski definition) is 0. The predicted molar refractivity (Wildman–Crippen MR) is 167 cm³/mol. The largest absolute Gasteiger partial charge is 0.165 e. The minimum Gasteiger partial charge on any atom is -0.165 e. The van der Waals surface area contributed by atoms with Crippen LogP contribution in [0.5, 0.6) is 0 Å². The molecule has 192 valence electrons. The third kappa shape index (κ3) is 6.35. The predicted octanol–water partition coefficient (Wildman–Crippen LogP) is 9.97. The molecule has 0 amide bonds. The number of benzene rings is 3. The van der Waals surface area contributed by atoms with Crippen LogP contribution in [0.25, 0.3) is 33.7 Å². The first-order valence-corrected chi connectivity index (χ1v) is 22.2. The van der Waals surface area contributed by atoms with Crippen LogP contribution in [0.2, 0.25) is 13.1 Å². The van der Waals surface area contributed by atoms with Crippen molar-refractivity contribution in [1.82, 2.24) is 4.57 Å². The Labute approximate surface area is 244 Å². The Bertz CT molecular complexity index is 1590. The number of aromatic nitrogens is 1. The van der Waals surface area contributed by atoms with Crippen molar-refractivity contribution in [2.45, 2.75) is 33.9 Å². The second kappa shape index (κ2) is 13.3. The van der Waals surface area contributed by atoms with E-state index >= 15 is 0 Å². The molecule has 1 heterocycles. The maximum absolute atomic E-state index is 6.29. The van der Waals surface area contributed by atoms with Gasteiger partial charge in [0.05, 0.1) is 0 Å². The normalized spacial score (nSPS) is 11.8. The molecule has 1 nitrogen and oxygen atoms in total. The number of rotatable bonds is 2. The van der Waals surface area contributed by atoms with Crippen molar-refractivity contribution in [3.8, 4) is 16.8 Å². The molecule has 6 rings (SSSR count). The van der Waals surface area contributed by atoms with Gasteiger partial charge in [0, 0.05) is 9.52 Å². The Balaban J connectivity index is 0.000000162. The Morgan fingerprint density at radius 2 is 1.39 bits per heavy atom. The number of nitrogens with zero attached hydrogens (tertiary/aromatic N) is 1. The summed E-state index contributed by atoms with van der Waals surface area (Å²) in [5.41, 5.74) is 10.0. The van der Waals surface area contributed by atoms with Gasteiger partial charge in [0.15, 0.2) is 0 Å². The van der Waals surface area contributed by atoms with Crippen molar-refractivity contribution in [3.05, 3.63) is 125 Å². The van der Waals surface area contributed by atoms with E-state index in [9.17, 15) is 0 Å². The molecule has 1 aliphatic carbocycles. The fraction of sp³-hybridized carbons (Fsp3) is 0.152. The van der Waals surface area contributed by atoms with Crippen LogP contribution in [0.15, 0.2) is 103 Å². The fourth-order valence-corrected chi connectivity index (χ4v) is 9.79. The van der Waals surface area contributed by atoms with E-state index in [1.165, 1.54) is 58.9 Å². The number of hydrogen-bond donors (Lipinski definition) is 0. The molecule has 4 aromatic carbocycles. The number of halogens is 2. The van der Waals surface area contributed by atoms with Crippen molar-refractivity contribution < 1.29 is 18.9 Å². The first-order chi connectivity index (χ1) is 18.3. The topological polar surface area (TPSA) is 4.93 Å². The van der Waals surface area contributed by atoms with E-state index in [0.29, 0.717) is 0 Å². The number of allylic oxidation sites excluding steroid dienone is 1. The van der Waals surface area contributed by atoms with Crippen LogP contribution in [0.4, 0.5) is 0 Å². The zero-order chi connectivity index (χ0) is 27.2. The molecule has 5 heteroatoms. The van der Waals surface area contributed by atoms with Gasteiger partial charge in [-0.25, -0.2) is 0 Å². The van der Waals surface area contributed by atoms with Crippen LogP contribution < -0.4 is 0 Å². The second-order valence-corrected chi connectivity index (χ2v) is 18.6. The van der Waals surface area contributed by atoms with Crippen molar-refractivity contribution in [2.75, 3.05) is 0 Å². The Morgan fingerprint density at radius 3 is 2.03 bits per heavy atom. The van der Waals surface area contributed by atoms with E-state index in [4.69, 9.17) is 17.0 Å². The summed E-state index contributed by atoms with van der Waals surface area (Å²) in [7, 11) is 13.7. The van der Waals surface area contributed by atoms with Crippen LogP contribution >= 0.6 is 17.0 Å². The van der Waals surface area contributed by atoms with Gasteiger partial charge in [0.25, 0.3) is 0 Å². The summed E-state index contributed by atoms with van der Waals surface area (Å²) in [6.07, 6.45) is 2.20. The first kappa shape index (κ1) is 28.8. The van der Waals surface area contributed by atoms with Crippen molar-refractivity contribution >= 4 is 46.6 Å². The molecule has 1 aromatic heterocycles. The molecule has 1 aliphatic rings. The monoisotopic (exact) mass is 630 g/mol. The van der Waals surface area contributed by atoms with E-state index in [0.717, 1.165) is 9.52 Å². The molecule has 0 atom stereocenters. The quantitative estimate of drug-likeness (QED) is 0.135. The summed E-state index contributed by atoms with van der Waals surface area (Å²) in [6, 6.07) is 34.1. The molecule has 0 spiro atoms. The molecule has 38 heavy (non-hydrogen) atoms. The van der Waals surface area contributed by atoms with Gasteiger partial charge in [0.2, 0.25) is 0 Å². The zero-order valence-corrected chi connectivity index (χ0v) is 27.5. The van der Waals surface area contributed by atoms with E-state index in [2.05, 4.69) is 136 Å². The van der Waals surface area contributed by atoms with Crippen LogP contribution in [0.3, 0.4) is 0 Å². The number of aryl methyl sites for hydroxylation is 2. The molecule has 0 saturated heterocycles. The van der Waals surface area contributed by atoms with Crippen LogP contribution in [0, 0.1) is 13.8 Å². The van der Waals surface area contributed by atoms with Crippen molar-refractivity contribution in [3.63, 3.8) is 0 Å². The van der Waals surface area contributed by atoms with Crippen molar-refractivity contribution in [1.29, 1.82) is 0 Å². The summed E-state index contributed by atoms with van der Waals surface area (Å²) in [5, 5.41) is 2.69. The third-order valence-electron chi connectivity index (χ3n) is 6.42. The first-order valence-electron chi connectivity index (χ1n) is 12.7. The minimum atomic E-state index is -2.40. The van der Waals surface area contributed by atoms with Gasteiger partial charge in [-0.15, -0.1) is 34.5 Å². The van der Waals surface area contributed by atoms with Gasteiger partial charge < -0.3 is 0 Å². The molecule has 5 aromatic rings. The minimum absolute atomic E-state index is 1.08. The molecule has 2 radical (unpaired) electrons. The fourth-order valence-electron chi connectivity index (χ4n) is 4.91. The Morgan fingerprint density at radius 1 is 0.763 bits per heavy atom. The van der Waals surface area contributed by atoms with Crippen molar-refractivity contribution in [2.24, 2.45) is 0 Å². The SMILES string of the molecule is CC1=Cc2c(cc(C)n2-c2ccccc2)[C]1=[Zr]([Cl])[Cl].C[Si]C.Cc1cc2c(-c3ccccc3)cccc2[cH-]1. The summed E-state index contributed by atoms with van der Waals surface area (Å²) < 4.78 is 3.49. The molecule has 0 N–H and O–H groups in total.